The highest BCUT2D eigenvalue weighted by Crippen LogP contribution is 2.26. The minimum atomic E-state index is -0.801. The second-order valence-electron chi connectivity index (χ2n) is 5.44. The zero-order valence-electron chi connectivity index (χ0n) is 11.9. The fourth-order valence-electron chi connectivity index (χ4n) is 2.84. The minimum absolute atomic E-state index is 0.0280. The van der Waals surface area contributed by atoms with Gasteiger partial charge in [-0.2, -0.15) is 0 Å². The molecule has 116 valence electrons. The van der Waals surface area contributed by atoms with Gasteiger partial charge in [0.25, 0.3) is 11.8 Å². The second-order valence-corrected chi connectivity index (χ2v) is 5.87. The minimum Gasteiger partial charge on any atom is -0.309 e. The first-order valence-corrected chi connectivity index (χ1v) is 7.67. The molecule has 0 atom stereocenters. The number of rotatable bonds is 2. The fraction of sp³-hybridized carbons (Fsp3) is 0.400. The molecule has 0 saturated heterocycles. The number of carbonyl (C=O) groups excluding carboxylic acids is 3. The number of fused-ring (bicyclic) bond motifs is 1. The van der Waals surface area contributed by atoms with Gasteiger partial charge in [0.05, 0.1) is 11.1 Å². The van der Waals surface area contributed by atoms with E-state index >= 15 is 0 Å². The maximum Gasteiger partial charge on any atom is 0.444 e. The highest BCUT2D eigenvalue weighted by molar-refractivity contribution is 7.78. The smallest absolute Gasteiger partial charge is 0.309 e. The monoisotopic (exact) mass is 320 g/mol. The first-order chi connectivity index (χ1) is 10.6. The predicted molar refractivity (Wildman–Crippen MR) is 81.1 cm³/mol. The normalized spacial score (nSPS) is 18.3. The molecule has 3 rings (SSSR count). The van der Waals surface area contributed by atoms with E-state index in [9.17, 15) is 14.4 Å². The summed E-state index contributed by atoms with van der Waals surface area (Å²) in [5, 5.41) is 0.513. The van der Waals surface area contributed by atoms with E-state index in [1.165, 1.54) is 16.4 Å². The standard InChI is InChI=1S/C15H16N2O4S/c18-13-11-8-4-5-9-12(11)14(19)16(13)21-15(20)17(22)10-6-2-1-3-7-10/h4-5,8-10,22H,1-3,6-7H2. The molecular weight excluding hydrogens is 304 g/mol. The van der Waals surface area contributed by atoms with Gasteiger partial charge in [0.1, 0.15) is 0 Å². The Labute approximate surface area is 133 Å². The van der Waals surface area contributed by atoms with Crippen molar-refractivity contribution in [2.45, 2.75) is 38.1 Å². The molecule has 1 aliphatic carbocycles. The van der Waals surface area contributed by atoms with Crippen molar-refractivity contribution in [2.24, 2.45) is 0 Å². The number of hydroxylamine groups is 2. The van der Waals surface area contributed by atoms with E-state index in [4.69, 9.17) is 4.84 Å². The highest BCUT2D eigenvalue weighted by Gasteiger charge is 2.39. The van der Waals surface area contributed by atoms with E-state index in [0.29, 0.717) is 5.06 Å². The summed E-state index contributed by atoms with van der Waals surface area (Å²) in [6.07, 6.45) is 4.10. The lowest BCUT2D eigenvalue weighted by Crippen LogP contribution is -2.40. The molecule has 2 aliphatic rings. The summed E-state index contributed by atoms with van der Waals surface area (Å²) in [7, 11) is 0. The maximum absolute atomic E-state index is 12.1. The first-order valence-electron chi connectivity index (χ1n) is 7.27. The summed E-state index contributed by atoms with van der Waals surface area (Å²) in [4.78, 5) is 41.4. The predicted octanol–water partition coefficient (Wildman–Crippen LogP) is 2.81. The van der Waals surface area contributed by atoms with Crippen LogP contribution in [0.25, 0.3) is 0 Å². The molecule has 0 bridgehead atoms. The van der Waals surface area contributed by atoms with Gasteiger partial charge < -0.3 is 4.84 Å². The zero-order chi connectivity index (χ0) is 15.7. The second kappa shape index (κ2) is 6.00. The van der Waals surface area contributed by atoms with Gasteiger partial charge in [0.2, 0.25) is 0 Å². The summed E-state index contributed by atoms with van der Waals surface area (Å²) in [6.45, 7) is 0. The molecule has 0 radical (unpaired) electrons. The topological polar surface area (TPSA) is 66.9 Å². The lowest BCUT2D eigenvalue weighted by molar-refractivity contribution is -0.0529. The van der Waals surface area contributed by atoms with Crippen molar-refractivity contribution in [3.05, 3.63) is 35.4 Å². The average molecular weight is 320 g/mol. The van der Waals surface area contributed by atoms with Crippen LogP contribution in [0.3, 0.4) is 0 Å². The van der Waals surface area contributed by atoms with Crippen molar-refractivity contribution in [1.82, 2.24) is 9.37 Å². The molecule has 1 aromatic carbocycles. The summed E-state index contributed by atoms with van der Waals surface area (Å²) >= 11 is 4.17. The van der Waals surface area contributed by atoms with Gasteiger partial charge in [-0.15, -0.1) is 0 Å². The maximum atomic E-state index is 12.1. The highest BCUT2D eigenvalue weighted by atomic mass is 32.1. The van der Waals surface area contributed by atoms with Gasteiger partial charge in [-0.3, -0.25) is 9.59 Å². The third-order valence-corrected chi connectivity index (χ3v) is 4.52. The Bertz CT molecular complexity index is 593. The third kappa shape index (κ3) is 2.56. The largest absolute Gasteiger partial charge is 0.444 e. The molecule has 1 saturated carbocycles. The van der Waals surface area contributed by atoms with Gasteiger partial charge in [-0.05, 0) is 25.0 Å². The van der Waals surface area contributed by atoms with Crippen molar-refractivity contribution < 1.29 is 19.2 Å². The van der Waals surface area contributed by atoms with Crippen LogP contribution >= 0.6 is 12.8 Å². The van der Waals surface area contributed by atoms with E-state index in [1.807, 2.05) is 0 Å². The van der Waals surface area contributed by atoms with Crippen molar-refractivity contribution in [1.29, 1.82) is 0 Å². The van der Waals surface area contributed by atoms with E-state index < -0.39 is 17.9 Å². The van der Waals surface area contributed by atoms with Crippen LogP contribution in [0.1, 0.15) is 52.8 Å². The number of hydrogen-bond acceptors (Lipinski definition) is 5. The molecule has 1 aromatic rings. The van der Waals surface area contributed by atoms with Crippen LogP contribution in [-0.2, 0) is 4.84 Å². The number of benzene rings is 1. The van der Waals surface area contributed by atoms with Crippen molar-refractivity contribution in [3.63, 3.8) is 0 Å². The van der Waals surface area contributed by atoms with Gasteiger partial charge in [0, 0.05) is 6.04 Å². The van der Waals surface area contributed by atoms with Crippen LogP contribution in [0.4, 0.5) is 4.79 Å². The number of nitrogens with zero attached hydrogens (tertiary/aromatic N) is 2. The number of imide groups is 1. The Morgan fingerprint density at radius 3 is 2.18 bits per heavy atom. The third-order valence-electron chi connectivity index (χ3n) is 4.03. The Hall–Kier alpha value is -2.02. The van der Waals surface area contributed by atoms with Crippen LogP contribution in [0, 0.1) is 0 Å². The Morgan fingerprint density at radius 1 is 1.09 bits per heavy atom. The number of carbonyl (C=O) groups is 3. The molecule has 3 amide bonds. The molecule has 6 nitrogen and oxygen atoms in total. The molecule has 1 fully saturated rings. The molecule has 0 spiro atoms. The SMILES string of the molecule is O=C1c2ccccc2C(=O)N1OC(=O)N(S)C1CCCCC1. The van der Waals surface area contributed by atoms with Crippen molar-refractivity contribution in [3.8, 4) is 0 Å². The van der Waals surface area contributed by atoms with E-state index in [2.05, 4.69) is 12.8 Å². The van der Waals surface area contributed by atoms with Crippen LogP contribution in [0.2, 0.25) is 0 Å². The molecule has 1 heterocycles. The quantitative estimate of drug-likeness (QED) is 0.672. The Kier molecular flexibility index (Phi) is 4.06. The summed E-state index contributed by atoms with van der Waals surface area (Å²) in [5.41, 5.74) is 0.479. The van der Waals surface area contributed by atoms with Gasteiger partial charge in [-0.1, -0.05) is 49.3 Å². The average Bonchev–Trinajstić information content (AvgIpc) is 2.80. The van der Waals surface area contributed by atoms with E-state index in [1.54, 1.807) is 12.1 Å². The van der Waals surface area contributed by atoms with Crippen molar-refractivity contribution in [2.75, 3.05) is 0 Å². The zero-order valence-corrected chi connectivity index (χ0v) is 12.8. The lowest BCUT2D eigenvalue weighted by atomic mass is 9.96. The van der Waals surface area contributed by atoms with Crippen LogP contribution in [0.15, 0.2) is 24.3 Å². The van der Waals surface area contributed by atoms with Gasteiger partial charge in [-0.25, -0.2) is 9.10 Å². The molecule has 0 unspecified atom stereocenters. The number of hydrogen-bond donors (Lipinski definition) is 1. The van der Waals surface area contributed by atoms with Crippen molar-refractivity contribution >= 4 is 30.7 Å². The Balaban J connectivity index is 1.70. The number of thiol groups is 1. The molecule has 7 heteroatoms. The Morgan fingerprint density at radius 2 is 1.64 bits per heavy atom. The van der Waals surface area contributed by atoms with Gasteiger partial charge >= 0.3 is 6.09 Å². The summed E-state index contributed by atoms with van der Waals surface area (Å²) in [5.74, 6) is -1.25. The van der Waals surface area contributed by atoms with E-state index in [0.717, 1.165) is 32.1 Å². The summed E-state index contributed by atoms with van der Waals surface area (Å²) < 4.78 is 1.18. The fourth-order valence-corrected chi connectivity index (χ4v) is 3.11. The molecular formula is C15H16N2O4S. The lowest BCUT2D eigenvalue weighted by Gasteiger charge is -2.29. The van der Waals surface area contributed by atoms with Gasteiger partial charge in [0.15, 0.2) is 0 Å². The molecule has 22 heavy (non-hydrogen) atoms. The van der Waals surface area contributed by atoms with Crippen LogP contribution in [0.5, 0.6) is 0 Å². The van der Waals surface area contributed by atoms with E-state index in [-0.39, 0.29) is 17.2 Å². The number of amides is 3. The molecule has 1 aliphatic heterocycles. The van der Waals surface area contributed by atoms with Crippen LogP contribution in [-0.4, -0.2) is 33.3 Å². The van der Waals surface area contributed by atoms with Crippen LogP contribution < -0.4 is 0 Å². The molecule has 0 N–H and O–H groups in total. The first kappa shape index (κ1) is 14.9. The molecule has 0 aromatic heterocycles. The summed E-state index contributed by atoms with van der Waals surface area (Å²) in [6, 6.07) is 6.34.